The van der Waals surface area contributed by atoms with Crippen molar-refractivity contribution in [3.63, 3.8) is 0 Å². The molecule has 0 saturated heterocycles. The summed E-state index contributed by atoms with van der Waals surface area (Å²) in [5, 5.41) is 0. The molecule has 6 heteroatoms. The Labute approximate surface area is 88.6 Å². The van der Waals surface area contributed by atoms with E-state index in [-0.39, 0.29) is 10.0 Å². The lowest BCUT2D eigenvalue weighted by molar-refractivity contribution is 0.149. The van der Waals surface area contributed by atoms with Crippen molar-refractivity contribution in [3.05, 3.63) is 30.2 Å². The van der Waals surface area contributed by atoms with Crippen molar-refractivity contribution < 1.29 is 8.78 Å². The van der Waals surface area contributed by atoms with Crippen LogP contribution in [-0.4, -0.2) is 4.98 Å². The lowest BCUT2D eigenvalue weighted by Gasteiger charge is -2.03. The van der Waals surface area contributed by atoms with Gasteiger partial charge in [-0.2, -0.15) is 0 Å². The van der Waals surface area contributed by atoms with Gasteiger partial charge in [0.15, 0.2) is 0 Å². The quantitative estimate of drug-likeness (QED) is 0.777. The van der Waals surface area contributed by atoms with Crippen molar-refractivity contribution >= 4 is 38.5 Å². The van der Waals surface area contributed by atoms with Crippen molar-refractivity contribution in [3.8, 4) is 0 Å². The molecule has 0 unspecified atom stereocenters. The Hall–Kier alpha value is 0.0200. The zero-order chi connectivity index (χ0) is 9.30. The molecule has 1 heterocycles. The minimum absolute atomic E-state index is 0.0931. The second kappa shape index (κ2) is 3.82. The summed E-state index contributed by atoms with van der Waals surface area (Å²) < 4.78 is 24.8. The lowest BCUT2D eigenvalue weighted by Crippen LogP contribution is -2.10. The molecule has 0 aliphatic heterocycles. The number of rotatable bonds is 1. The summed E-state index contributed by atoms with van der Waals surface area (Å²) in [6.45, 7) is 0. The summed E-state index contributed by atoms with van der Waals surface area (Å²) >= 11 is 4.54. The predicted octanol–water partition coefficient (Wildman–Crippen LogP) is 2.68. The maximum absolute atomic E-state index is 12.3. The number of halogens is 4. The molecule has 1 rings (SSSR count). The molecular formula is C6H3BrF2INO. The fraction of sp³-hybridized carbons (Fsp3) is 0.167. The molecular weight excluding hydrogens is 347 g/mol. The van der Waals surface area contributed by atoms with E-state index in [1.807, 2.05) is 0 Å². The molecule has 0 aliphatic carbocycles. The fourth-order valence-corrected chi connectivity index (χ4v) is 2.23. The number of hydrogen-bond donors (Lipinski definition) is 1. The summed E-state index contributed by atoms with van der Waals surface area (Å²) in [6, 6.07) is 0. The molecule has 1 N–H and O–H groups in total. The van der Waals surface area contributed by atoms with Gasteiger partial charge in [0.2, 0.25) is 0 Å². The summed E-state index contributed by atoms with van der Waals surface area (Å²) in [7, 11) is 0. The van der Waals surface area contributed by atoms with Crippen LogP contribution in [0.2, 0.25) is 0 Å². The van der Waals surface area contributed by atoms with Crippen LogP contribution in [-0.2, 0) is 0 Å². The third-order valence-corrected chi connectivity index (χ3v) is 2.92. The van der Waals surface area contributed by atoms with Crippen LogP contribution in [0, 0.1) is 3.57 Å². The third-order valence-electron chi connectivity index (χ3n) is 1.24. The van der Waals surface area contributed by atoms with E-state index in [2.05, 4.69) is 20.9 Å². The normalized spacial score (nSPS) is 10.8. The molecule has 12 heavy (non-hydrogen) atoms. The average molecular weight is 350 g/mol. The Morgan fingerprint density at radius 1 is 1.58 bits per heavy atom. The highest BCUT2D eigenvalue weighted by Gasteiger charge is 2.17. The second-order valence-corrected chi connectivity index (χ2v) is 3.95. The van der Waals surface area contributed by atoms with Crippen molar-refractivity contribution in [1.82, 2.24) is 4.98 Å². The van der Waals surface area contributed by atoms with Gasteiger partial charge in [0, 0.05) is 9.77 Å². The first-order valence-electron chi connectivity index (χ1n) is 2.88. The van der Waals surface area contributed by atoms with Crippen molar-refractivity contribution in [2.24, 2.45) is 0 Å². The van der Waals surface area contributed by atoms with Gasteiger partial charge in [-0.1, -0.05) is 0 Å². The van der Waals surface area contributed by atoms with Gasteiger partial charge in [0.25, 0.3) is 12.0 Å². The Morgan fingerprint density at radius 2 is 2.17 bits per heavy atom. The molecule has 0 amide bonds. The largest absolute Gasteiger partial charge is 0.327 e. The van der Waals surface area contributed by atoms with Gasteiger partial charge < -0.3 is 4.98 Å². The van der Waals surface area contributed by atoms with E-state index in [4.69, 9.17) is 0 Å². The number of nitrogens with one attached hydrogen (secondary N) is 1. The molecule has 0 aliphatic rings. The van der Waals surface area contributed by atoms with Crippen LogP contribution in [0.25, 0.3) is 0 Å². The first kappa shape index (κ1) is 10.1. The minimum Gasteiger partial charge on any atom is -0.327 e. The Kier molecular flexibility index (Phi) is 3.22. The minimum atomic E-state index is -2.63. The predicted molar refractivity (Wildman–Crippen MR) is 52.4 cm³/mol. The van der Waals surface area contributed by atoms with E-state index in [1.165, 1.54) is 6.20 Å². The Balaban J connectivity index is 3.43. The van der Waals surface area contributed by atoms with Crippen LogP contribution in [0.1, 0.15) is 12.0 Å². The number of alkyl halides is 2. The lowest BCUT2D eigenvalue weighted by atomic mass is 10.3. The number of pyridine rings is 1. The molecule has 0 fully saturated rings. The topological polar surface area (TPSA) is 32.9 Å². The van der Waals surface area contributed by atoms with Crippen molar-refractivity contribution in [1.29, 1.82) is 0 Å². The molecule has 2 nitrogen and oxygen atoms in total. The highest BCUT2D eigenvalue weighted by molar-refractivity contribution is 14.1. The van der Waals surface area contributed by atoms with Crippen LogP contribution in [0.4, 0.5) is 8.78 Å². The number of aromatic nitrogens is 1. The molecule has 1 aromatic rings. The van der Waals surface area contributed by atoms with E-state index in [0.717, 1.165) is 0 Å². The molecule has 0 radical (unpaired) electrons. The van der Waals surface area contributed by atoms with Gasteiger partial charge in [0.1, 0.15) is 0 Å². The smallest absolute Gasteiger partial charge is 0.266 e. The number of H-pyrrole nitrogens is 1. The van der Waals surface area contributed by atoms with Crippen LogP contribution in [0.3, 0.4) is 0 Å². The van der Waals surface area contributed by atoms with E-state index in [0.29, 0.717) is 3.57 Å². The van der Waals surface area contributed by atoms with Crippen molar-refractivity contribution in [2.75, 3.05) is 0 Å². The van der Waals surface area contributed by atoms with Gasteiger partial charge in [-0.3, -0.25) is 4.79 Å². The fourth-order valence-electron chi connectivity index (χ4n) is 0.697. The van der Waals surface area contributed by atoms with Gasteiger partial charge in [-0.25, -0.2) is 8.78 Å². The van der Waals surface area contributed by atoms with Gasteiger partial charge in [-0.15, -0.1) is 0 Å². The second-order valence-electron chi connectivity index (χ2n) is 1.99. The molecule has 0 aromatic carbocycles. The van der Waals surface area contributed by atoms with Crippen LogP contribution >= 0.6 is 38.5 Å². The molecule has 1 aromatic heterocycles. The Morgan fingerprint density at radius 3 is 2.58 bits per heavy atom. The number of hydrogen-bond acceptors (Lipinski definition) is 1. The summed E-state index contributed by atoms with van der Waals surface area (Å²) in [5.41, 5.74) is -0.787. The molecule has 0 spiro atoms. The van der Waals surface area contributed by atoms with E-state index in [1.54, 1.807) is 22.6 Å². The first-order valence-corrected chi connectivity index (χ1v) is 4.76. The number of aromatic amines is 1. The van der Waals surface area contributed by atoms with E-state index < -0.39 is 12.0 Å². The third kappa shape index (κ3) is 1.85. The molecule has 0 saturated carbocycles. The summed E-state index contributed by atoms with van der Waals surface area (Å²) in [5.74, 6) is 0. The highest BCUT2D eigenvalue weighted by atomic mass is 127. The first-order chi connectivity index (χ1) is 5.54. The van der Waals surface area contributed by atoms with Crippen molar-refractivity contribution in [2.45, 2.75) is 6.43 Å². The standard InChI is InChI=1S/C6H3BrF2INO/c7-4-3(5(8)9)2(10)1-11-6(4)12/h1,5H,(H,11,12). The maximum Gasteiger partial charge on any atom is 0.266 e. The molecule has 0 atom stereocenters. The SMILES string of the molecule is O=c1[nH]cc(I)c(C(F)F)c1Br. The monoisotopic (exact) mass is 349 g/mol. The summed E-state index contributed by atoms with van der Waals surface area (Å²) in [6.07, 6.45) is -1.37. The molecule has 66 valence electrons. The van der Waals surface area contributed by atoms with Gasteiger partial charge in [-0.05, 0) is 38.5 Å². The van der Waals surface area contributed by atoms with E-state index in [9.17, 15) is 13.6 Å². The van der Waals surface area contributed by atoms with Crippen LogP contribution < -0.4 is 5.56 Å². The zero-order valence-corrected chi connectivity index (χ0v) is 9.32. The maximum atomic E-state index is 12.3. The highest BCUT2D eigenvalue weighted by Crippen LogP contribution is 2.28. The van der Waals surface area contributed by atoms with Gasteiger partial charge >= 0.3 is 0 Å². The van der Waals surface area contributed by atoms with Crippen LogP contribution in [0.5, 0.6) is 0 Å². The Bertz CT molecular complexity index is 352. The average Bonchev–Trinajstić information content (AvgIpc) is 1.97. The summed E-state index contributed by atoms with van der Waals surface area (Å²) in [4.78, 5) is 13.2. The van der Waals surface area contributed by atoms with Crippen LogP contribution in [0.15, 0.2) is 15.5 Å². The zero-order valence-electron chi connectivity index (χ0n) is 5.57. The van der Waals surface area contributed by atoms with E-state index >= 15 is 0 Å². The molecule has 0 bridgehead atoms. The van der Waals surface area contributed by atoms with Gasteiger partial charge in [0.05, 0.1) is 10.0 Å².